The summed E-state index contributed by atoms with van der Waals surface area (Å²) in [6.45, 7) is 2.97. The number of carbonyl (C=O) groups is 1. The van der Waals surface area contributed by atoms with E-state index in [4.69, 9.17) is 16.3 Å². The van der Waals surface area contributed by atoms with Gasteiger partial charge in [-0.1, -0.05) is 23.7 Å². The lowest BCUT2D eigenvalue weighted by Crippen LogP contribution is -2.00. The topological polar surface area (TPSA) is 26.3 Å². The highest BCUT2D eigenvalue weighted by Gasteiger charge is 2.14. The van der Waals surface area contributed by atoms with E-state index in [0.717, 1.165) is 0 Å². The van der Waals surface area contributed by atoms with Gasteiger partial charge in [-0.25, -0.2) is 4.39 Å². The fourth-order valence-corrected chi connectivity index (χ4v) is 1.83. The Balaban J connectivity index is 2.48. The second kappa shape index (κ2) is 5.41. The Bertz CT molecular complexity index is 638. The smallest absolute Gasteiger partial charge is 0.163 e. The van der Waals surface area contributed by atoms with E-state index >= 15 is 0 Å². The zero-order valence-electron chi connectivity index (χ0n) is 10.5. The van der Waals surface area contributed by atoms with Crippen LogP contribution in [0.3, 0.4) is 0 Å². The van der Waals surface area contributed by atoms with Crippen molar-refractivity contribution in [2.45, 2.75) is 13.8 Å². The molecule has 0 heterocycles. The number of hydrogen-bond donors (Lipinski definition) is 0. The first-order valence-corrected chi connectivity index (χ1v) is 6.10. The maximum atomic E-state index is 13.5. The largest absolute Gasteiger partial charge is 0.455 e. The van der Waals surface area contributed by atoms with Crippen LogP contribution < -0.4 is 4.74 Å². The first-order chi connectivity index (χ1) is 8.99. The second-order valence-corrected chi connectivity index (χ2v) is 4.59. The first kappa shape index (κ1) is 13.6. The number of aryl methyl sites for hydroxylation is 1. The molecule has 0 aliphatic heterocycles. The molecule has 19 heavy (non-hydrogen) atoms. The molecule has 0 aromatic heterocycles. The number of carbonyl (C=O) groups excluding carboxylic acids is 1. The van der Waals surface area contributed by atoms with Gasteiger partial charge in [-0.15, -0.1) is 0 Å². The molecule has 0 saturated carbocycles. The Morgan fingerprint density at radius 3 is 2.53 bits per heavy atom. The Morgan fingerprint density at radius 2 is 1.89 bits per heavy atom. The highest BCUT2D eigenvalue weighted by molar-refractivity contribution is 6.32. The standard InChI is InChI=1S/C15H12ClFO2/c1-9-7-15(11(10(2)18)8-13(9)17)19-14-6-4-3-5-12(14)16/h3-8H,1-2H3. The van der Waals surface area contributed by atoms with Gasteiger partial charge in [0.2, 0.25) is 0 Å². The molecule has 0 spiro atoms. The predicted molar refractivity (Wildman–Crippen MR) is 72.7 cm³/mol. The van der Waals surface area contributed by atoms with E-state index in [2.05, 4.69) is 0 Å². The molecule has 0 atom stereocenters. The Labute approximate surface area is 115 Å². The number of para-hydroxylation sites is 1. The van der Waals surface area contributed by atoms with Gasteiger partial charge in [0.05, 0.1) is 10.6 Å². The quantitative estimate of drug-likeness (QED) is 0.755. The molecule has 2 rings (SSSR count). The van der Waals surface area contributed by atoms with Gasteiger partial charge in [0.1, 0.15) is 17.3 Å². The number of rotatable bonds is 3. The molecule has 0 aliphatic carbocycles. The van der Waals surface area contributed by atoms with E-state index in [1.165, 1.54) is 19.1 Å². The van der Waals surface area contributed by atoms with Gasteiger partial charge in [0.25, 0.3) is 0 Å². The van der Waals surface area contributed by atoms with Crippen LogP contribution in [0, 0.1) is 12.7 Å². The van der Waals surface area contributed by atoms with Crippen molar-refractivity contribution < 1.29 is 13.9 Å². The molecule has 2 nitrogen and oxygen atoms in total. The van der Waals surface area contributed by atoms with Crippen LogP contribution in [0.15, 0.2) is 36.4 Å². The van der Waals surface area contributed by atoms with E-state index in [1.807, 2.05) is 0 Å². The summed E-state index contributed by atoms with van der Waals surface area (Å²) in [5, 5.41) is 0.430. The molecule has 0 aliphatic rings. The molecule has 0 amide bonds. The van der Waals surface area contributed by atoms with Gasteiger partial charge in [0.15, 0.2) is 5.78 Å². The molecule has 0 unspecified atom stereocenters. The van der Waals surface area contributed by atoms with E-state index in [9.17, 15) is 9.18 Å². The monoisotopic (exact) mass is 278 g/mol. The van der Waals surface area contributed by atoms with Crippen LogP contribution in [-0.2, 0) is 0 Å². The van der Waals surface area contributed by atoms with E-state index in [0.29, 0.717) is 22.1 Å². The minimum Gasteiger partial charge on any atom is -0.455 e. The molecule has 2 aromatic rings. The molecule has 0 radical (unpaired) electrons. The van der Waals surface area contributed by atoms with E-state index in [-0.39, 0.29) is 11.3 Å². The third kappa shape index (κ3) is 2.93. The maximum Gasteiger partial charge on any atom is 0.163 e. The highest BCUT2D eigenvalue weighted by atomic mass is 35.5. The summed E-state index contributed by atoms with van der Waals surface area (Å²) < 4.78 is 19.1. The van der Waals surface area contributed by atoms with Crippen molar-refractivity contribution in [2.75, 3.05) is 0 Å². The lowest BCUT2D eigenvalue weighted by atomic mass is 10.1. The minimum absolute atomic E-state index is 0.197. The molecule has 2 aromatic carbocycles. The molecule has 98 valence electrons. The molecular formula is C15H12ClFO2. The second-order valence-electron chi connectivity index (χ2n) is 4.19. The zero-order chi connectivity index (χ0) is 14.0. The van der Waals surface area contributed by atoms with Crippen LogP contribution >= 0.6 is 11.6 Å². The summed E-state index contributed by atoms with van der Waals surface area (Å²) in [5.74, 6) is 0.0369. The third-order valence-corrected chi connectivity index (χ3v) is 3.01. The van der Waals surface area contributed by atoms with Gasteiger partial charge in [-0.2, -0.15) is 0 Å². The number of halogens is 2. The van der Waals surface area contributed by atoms with Crippen molar-refractivity contribution in [3.63, 3.8) is 0 Å². The molecule has 0 bridgehead atoms. The Kier molecular flexibility index (Phi) is 3.86. The predicted octanol–water partition coefficient (Wildman–Crippen LogP) is 4.78. The highest BCUT2D eigenvalue weighted by Crippen LogP contribution is 2.32. The molecule has 0 saturated heterocycles. The molecule has 0 fully saturated rings. The van der Waals surface area contributed by atoms with Crippen molar-refractivity contribution in [1.29, 1.82) is 0 Å². The van der Waals surface area contributed by atoms with Crippen LogP contribution in [0.2, 0.25) is 5.02 Å². The lowest BCUT2D eigenvalue weighted by Gasteiger charge is -2.12. The van der Waals surface area contributed by atoms with E-state index in [1.54, 1.807) is 31.2 Å². The molecule has 4 heteroatoms. The van der Waals surface area contributed by atoms with Crippen molar-refractivity contribution in [1.82, 2.24) is 0 Å². The van der Waals surface area contributed by atoms with Crippen LogP contribution in [-0.4, -0.2) is 5.78 Å². The summed E-state index contributed by atoms with van der Waals surface area (Å²) in [7, 11) is 0. The van der Waals surface area contributed by atoms with Crippen molar-refractivity contribution >= 4 is 17.4 Å². The third-order valence-electron chi connectivity index (χ3n) is 2.70. The number of Topliss-reactive ketones (excluding diaryl/α,β-unsaturated/α-hetero) is 1. The van der Waals surface area contributed by atoms with E-state index < -0.39 is 5.82 Å². The number of ketones is 1. The zero-order valence-corrected chi connectivity index (χ0v) is 11.3. The summed E-state index contributed by atoms with van der Waals surface area (Å²) in [6.07, 6.45) is 0. The van der Waals surface area contributed by atoms with Gasteiger partial charge < -0.3 is 4.74 Å². The molecular weight excluding hydrogens is 267 g/mol. The van der Waals surface area contributed by atoms with Crippen LogP contribution in [0.4, 0.5) is 4.39 Å². The first-order valence-electron chi connectivity index (χ1n) is 5.72. The number of benzene rings is 2. The summed E-state index contributed by atoms with van der Waals surface area (Å²) in [6, 6.07) is 9.59. The van der Waals surface area contributed by atoms with Crippen molar-refractivity contribution in [3.8, 4) is 11.5 Å². The number of ether oxygens (including phenoxy) is 1. The summed E-state index contributed by atoms with van der Waals surface area (Å²) >= 11 is 5.99. The fraction of sp³-hybridized carbons (Fsp3) is 0.133. The maximum absolute atomic E-state index is 13.5. The summed E-state index contributed by atoms with van der Waals surface area (Å²) in [4.78, 5) is 11.5. The fourth-order valence-electron chi connectivity index (χ4n) is 1.66. The Morgan fingerprint density at radius 1 is 1.21 bits per heavy atom. The van der Waals surface area contributed by atoms with Gasteiger partial charge in [-0.05, 0) is 43.7 Å². The average molecular weight is 279 g/mol. The van der Waals surface area contributed by atoms with Gasteiger partial charge in [0, 0.05) is 0 Å². The van der Waals surface area contributed by atoms with Crippen molar-refractivity contribution in [3.05, 3.63) is 58.4 Å². The van der Waals surface area contributed by atoms with Gasteiger partial charge in [-0.3, -0.25) is 4.79 Å². The lowest BCUT2D eigenvalue weighted by molar-refractivity contribution is 0.101. The summed E-state index contributed by atoms with van der Waals surface area (Å²) in [5.41, 5.74) is 0.607. The van der Waals surface area contributed by atoms with Gasteiger partial charge >= 0.3 is 0 Å². The minimum atomic E-state index is -0.434. The average Bonchev–Trinajstić information content (AvgIpc) is 2.36. The normalized spacial score (nSPS) is 10.3. The SMILES string of the molecule is CC(=O)c1cc(F)c(C)cc1Oc1ccccc1Cl. The van der Waals surface area contributed by atoms with Crippen LogP contribution in [0.5, 0.6) is 11.5 Å². The number of hydrogen-bond acceptors (Lipinski definition) is 2. The van der Waals surface area contributed by atoms with Crippen molar-refractivity contribution in [2.24, 2.45) is 0 Å². The van der Waals surface area contributed by atoms with Crippen LogP contribution in [0.25, 0.3) is 0 Å². The Hall–Kier alpha value is -1.87. The molecule has 0 N–H and O–H groups in total. The van der Waals surface area contributed by atoms with Crippen LogP contribution in [0.1, 0.15) is 22.8 Å².